The number of ether oxygens (including phenoxy) is 3. The van der Waals surface area contributed by atoms with Crippen molar-refractivity contribution in [2.45, 2.75) is 6.92 Å². The van der Waals surface area contributed by atoms with Gasteiger partial charge in [0.05, 0.1) is 34.1 Å². The van der Waals surface area contributed by atoms with Gasteiger partial charge in [-0.25, -0.2) is 44.9 Å². The summed E-state index contributed by atoms with van der Waals surface area (Å²) in [6, 6.07) is 153. The molecule has 0 atom stereocenters. The molecule has 28 rings (SSSR count). The molecule has 0 unspecified atom stereocenters. The smallest absolute Gasteiger partial charge is 0.164 e. The largest absolute Gasteiger partial charge is 0.456 e. The molecule has 3 aliphatic rings. The van der Waals surface area contributed by atoms with E-state index in [0.29, 0.717) is 52.4 Å². The van der Waals surface area contributed by atoms with E-state index in [-0.39, 0.29) is 0 Å². The van der Waals surface area contributed by atoms with E-state index in [9.17, 15) is 0 Å². The van der Waals surface area contributed by atoms with Crippen LogP contribution in [0.3, 0.4) is 0 Å². The number of nitrogens with zero attached hydrogens (tertiary/aromatic N) is 12. The second-order valence-electron chi connectivity index (χ2n) is 34.8. The molecule has 670 valence electrons. The Balaban J connectivity index is 0.000000110. The van der Waals surface area contributed by atoms with Crippen molar-refractivity contribution < 1.29 is 27.5 Å². The maximum atomic E-state index is 6.32. The van der Waals surface area contributed by atoms with Gasteiger partial charge in [-0.3, -0.25) is 0 Å². The molecule has 0 amide bonds. The monoisotopic (exact) mass is 1830 g/mol. The van der Waals surface area contributed by atoms with Gasteiger partial charge in [-0.2, -0.15) is 0 Å². The lowest BCUT2D eigenvalue weighted by Gasteiger charge is -2.32. The normalized spacial score (nSPS) is 12.1. The van der Waals surface area contributed by atoms with Crippen molar-refractivity contribution in [3.8, 4) is 148 Å². The van der Waals surface area contributed by atoms with Gasteiger partial charge >= 0.3 is 0 Å². The minimum Gasteiger partial charge on any atom is -0.456 e. The first-order valence-electron chi connectivity index (χ1n) is 46.8. The molecule has 19 aromatic carbocycles. The van der Waals surface area contributed by atoms with Crippen LogP contribution >= 0.6 is 0 Å². The molecular weight excluding hydrogens is 1750 g/mol. The van der Waals surface area contributed by atoms with Crippen LogP contribution in [0.1, 0.15) is 5.56 Å². The maximum Gasteiger partial charge on any atom is 0.164 e. The van der Waals surface area contributed by atoms with Crippen LogP contribution in [0.4, 0.5) is 51.2 Å². The third-order valence-electron chi connectivity index (χ3n) is 25.9. The minimum atomic E-state index is 0.573. The fourth-order valence-corrected chi connectivity index (χ4v) is 18.9. The van der Waals surface area contributed by atoms with Crippen LogP contribution < -0.4 is 28.9 Å². The molecule has 0 radical (unpaired) electrons. The molecule has 0 bridgehead atoms. The first-order valence-corrected chi connectivity index (χ1v) is 46.8. The Bertz CT molecular complexity index is 8910. The average Bonchev–Trinajstić information content (AvgIpc) is 1.15. The molecule has 0 fully saturated rings. The summed E-state index contributed by atoms with van der Waals surface area (Å²) >= 11 is 0. The molecule has 6 aromatic heterocycles. The first-order chi connectivity index (χ1) is 70.2. The van der Waals surface area contributed by atoms with Crippen LogP contribution in [0.2, 0.25) is 0 Å². The lowest BCUT2D eigenvalue weighted by molar-refractivity contribution is 0.477. The summed E-state index contributed by atoms with van der Waals surface area (Å²) in [7, 11) is 0. The van der Waals surface area contributed by atoms with Crippen LogP contribution in [0.5, 0.6) is 34.5 Å². The SMILES string of the molecule is Cc1ccc(-c2nc(-c3ccccc3)nc(-c3ccc(N4c5ccccc5Oc5ccccc54)cc3)n2)cc1.c1ccc(-c2nc(-c3ccc(-c4cccc5c4oc4ccccc45)cc3)nc(-c3ccc(N4c5ccccc5Oc5ccccc54)cc3)n2)cc1.c1ccc2c(c1)Oc1ccccc1N2c1ccc(-c2nc(-c3ccc4oc5ccccc5c4c3)nc(-c3ccc4oc5ccccc5c4c3)n2)cc1. The standard InChI is InChI=1S/C45H26N4O3.C45H28N4O2.C34H24N4O/c1-5-13-37-31(9-1)33-25-28(19-23-39(33)50-37)44-46-43(47-45(48-44)29-20-24-40-34(26-29)32-10-2-6-14-38(32)51-40)27-17-21-30(22-18-27)49-35-11-3-7-15-41(35)52-42-16-8-4-12-36(42)49;1-2-11-30(12-3-1)43-46-44(31-23-21-29(22-24-31)34-14-10-15-36-35-13-4-7-18-39(35)51-42(34)36)48-45(47-43)32-25-27-33(28-26-32)49-37-16-5-8-19-40(37)50-41-20-9-6-17-38(41)49;1-23-15-17-25(18-16-23)33-35-32(24-9-3-2-4-10-24)36-34(37-33)26-19-21-27(22-20-26)38-28-11-5-7-13-30(28)39-31-14-8-6-12-29(31)38/h1-26H;1-28H;2-22H,1H3. The Kier molecular flexibility index (Phi) is 20.6. The number of aryl methyl sites for hydroxylation is 1. The highest BCUT2D eigenvalue weighted by molar-refractivity contribution is 6.11. The fourth-order valence-electron chi connectivity index (χ4n) is 18.9. The number of benzene rings is 19. The van der Waals surface area contributed by atoms with E-state index in [1.807, 2.05) is 249 Å². The average molecular weight is 1830 g/mol. The molecule has 0 aliphatic carbocycles. The predicted molar refractivity (Wildman–Crippen MR) is 565 cm³/mol. The zero-order valence-electron chi connectivity index (χ0n) is 76.1. The summed E-state index contributed by atoms with van der Waals surface area (Å²) < 4.78 is 37.2. The molecule has 0 saturated carbocycles. The molecule has 0 spiro atoms. The van der Waals surface area contributed by atoms with E-state index in [1.165, 1.54) is 5.56 Å². The van der Waals surface area contributed by atoms with E-state index < -0.39 is 0 Å². The van der Waals surface area contributed by atoms with Gasteiger partial charge in [0.15, 0.2) is 86.9 Å². The zero-order valence-corrected chi connectivity index (χ0v) is 76.1. The lowest BCUT2D eigenvalue weighted by Crippen LogP contribution is -2.15. The lowest BCUT2D eigenvalue weighted by atomic mass is 10.0. The second-order valence-corrected chi connectivity index (χ2v) is 34.8. The minimum absolute atomic E-state index is 0.573. The fraction of sp³-hybridized carbons (Fsp3) is 0.00806. The highest BCUT2D eigenvalue weighted by Gasteiger charge is 2.31. The van der Waals surface area contributed by atoms with Crippen molar-refractivity contribution >= 4 is 117 Å². The number of hydrogen-bond donors (Lipinski definition) is 0. The first kappa shape index (κ1) is 83.0. The number of fused-ring (bicyclic) bond motifs is 15. The Labute approximate surface area is 814 Å². The van der Waals surface area contributed by atoms with Crippen molar-refractivity contribution in [2.24, 2.45) is 0 Å². The van der Waals surface area contributed by atoms with E-state index in [0.717, 1.165) is 213 Å². The Morgan fingerprint density at radius 1 is 0.169 bits per heavy atom. The summed E-state index contributed by atoms with van der Waals surface area (Å²) in [5.41, 5.74) is 25.5. The predicted octanol–water partition coefficient (Wildman–Crippen LogP) is 33.0. The summed E-state index contributed by atoms with van der Waals surface area (Å²) in [4.78, 5) is 51.4. The van der Waals surface area contributed by atoms with Gasteiger partial charge in [0.25, 0.3) is 0 Å². The van der Waals surface area contributed by atoms with Gasteiger partial charge in [-0.15, -0.1) is 0 Å². The van der Waals surface area contributed by atoms with Gasteiger partial charge in [0.1, 0.15) is 33.5 Å². The number of anilines is 9. The van der Waals surface area contributed by atoms with Gasteiger partial charge < -0.3 is 42.2 Å². The third kappa shape index (κ3) is 15.4. The van der Waals surface area contributed by atoms with E-state index in [4.69, 9.17) is 72.3 Å². The van der Waals surface area contributed by atoms with Crippen molar-refractivity contribution in [1.82, 2.24) is 44.9 Å². The van der Waals surface area contributed by atoms with Gasteiger partial charge in [0.2, 0.25) is 0 Å². The highest BCUT2D eigenvalue weighted by atomic mass is 16.5. The number of furan rings is 3. The topological polar surface area (TPSA) is 193 Å². The van der Waals surface area contributed by atoms with Crippen LogP contribution in [0.15, 0.2) is 468 Å². The van der Waals surface area contributed by atoms with Crippen molar-refractivity contribution in [3.63, 3.8) is 0 Å². The maximum absolute atomic E-state index is 6.32. The third-order valence-corrected chi connectivity index (χ3v) is 25.9. The molecule has 0 N–H and O–H groups in total. The second kappa shape index (κ2) is 35.3. The van der Waals surface area contributed by atoms with Crippen LogP contribution in [-0.2, 0) is 0 Å². The van der Waals surface area contributed by atoms with Gasteiger partial charge in [0, 0.05) is 105 Å². The Morgan fingerprint density at radius 3 is 0.732 bits per heavy atom. The molecule has 18 nitrogen and oxygen atoms in total. The number of aromatic nitrogens is 9. The summed E-state index contributed by atoms with van der Waals surface area (Å²) in [6.07, 6.45) is 0. The van der Waals surface area contributed by atoms with E-state index in [1.54, 1.807) is 0 Å². The van der Waals surface area contributed by atoms with E-state index >= 15 is 0 Å². The molecular formula is C124H78N12O6. The summed E-state index contributed by atoms with van der Waals surface area (Å²) in [6.45, 7) is 2.07. The number of hydrogen-bond acceptors (Lipinski definition) is 18. The van der Waals surface area contributed by atoms with Crippen molar-refractivity contribution in [3.05, 3.63) is 461 Å². The highest BCUT2D eigenvalue weighted by Crippen LogP contribution is 2.55. The Morgan fingerprint density at radius 2 is 0.401 bits per heavy atom. The van der Waals surface area contributed by atoms with Gasteiger partial charge in [-0.05, 0) is 213 Å². The molecule has 25 aromatic rings. The molecule has 3 aliphatic heterocycles. The Hall–Kier alpha value is -19.6. The number of rotatable bonds is 13. The molecule has 142 heavy (non-hydrogen) atoms. The van der Waals surface area contributed by atoms with Gasteiger partial charge in [-0.1, -0.05) is 260 Å². The van der Waals surface area contributed by atoms with Crippen LogP contribution in [-0.4, -0.2) is 44.9 Å². The molecule has 18 heteroatoms. The van der Waals surface area contributed by atoms with Crippen molar-refractivity contribution in [1.29, 1.82) is 0 Å². The summed E-state index contributed by atoms with van der Waals surface area (Å²) in [5.74, 6) is 10.4. The quantitative estimate of drug-likeness (QED) is 0.106. The van der Waals surface area contributed by atoms with Crippen molar-refractivity contribution in [2.75, 3.05) is 14.7 Å². The zero-order chi connectivity index (χ0) is 94.1. The molecule has 9 heterocycles. The summed E-state index contributed by atoms with van der Waals surface area (Å²) in [5, 5.41) is 6.34. The van der Waals surface area contributed by atoms with Crippen LogP contribution in [0, 0.1) is 6.92 Å². The molecule has 0 saturated heterocycles. The number of para-hydroxylation sites is 16. The van der Waals surface area contributed by atoms with Crippen LogP contribution in [0.25, 0.3) is 179 Å². The van der Waals surface area contributed by atoms with E-state index in [2.05, 4.69) is 228 Å².